The molecule has 42 heavy (non-hydrogen) atoms. The van der Waals surface area contributed by atoms with E-state index in [4.69, 9.17) is 10.5 Å². The zero-order chi connectivity index (χ0) is 31.2. The first kappa shape index (κ1) is 30.8. The standard InChI is InChI=1S/C27H28F6N6O3/c1-5-25(34)12-17(22-19(39(25)24(40)41)6-7-21(37-22)42-4)23-35-13-20(38(2)3)18(36-23)10-14-8-15(26(28,29)30)11-16(9-14)27(31,32)33/h6-9,11,13,17H,5,10,12,34H2,1-4H3,(H,40,41)/t17-,25+/m0/s1. The van der Waals surface area contributed by atoms with Gasteiger partial charge in [0.2, 0.25) is 5.88 Å². The topological polar surface area (TPSA) is 118 Å². The van der Waals surface area contributed by atoms with Crippen LogP contribution in [0.15, 0.2) is 36.5 Å². The molecule has 226 valence electrons. The van der Waals surface area contributed by atoms with E-state index in [0.29, 0.717) is 17.8 Å². The lowest BCUT2D eigenvalue weighted by atomic mass is 9.83. The molecular formula is C27H28F6N6O3. The highest BCUT2D eigenvalue weighted by Crippen LogP contribution is 2.45. The number of hydrogen-bond donors (Lipinski definition) is 2. The van der Waals surface area contributed by atoms with Crippen LogP contribution in [-0.4, -0.2) is 53.0 Å². The number of anilines is 2. The number of carbonyl (C=O) groups is 1. The summed E-state index contributed by atoms with van der Waals surface area (Å²) in [5.74, 6) is -0.481. The van der Waals surface area contributed by atoms with Crippen LogP contribution in [0.1, 0.15) is 59.6 Å². The fraction of sp³-hybridized carbons (Fsp3) is 0.407. The fourth-order valence-corrected chi connectivity index (χ4v) is 5.01. The predicted molar refractivity (Wildman–Crippen MR) is 141 cm³/mol. The third kappa shape index (κ3) is 5.91. The van der Waals surface area contributed by atoms with E-state index in [0.717, 1.165) is 4.90 Å². The lowest BCUT2D eigenvalue weighted by Crippen LogP contribution is -2.61. The quantitative estimate of drug-likeness (QED) is 0.349. The SMILES string of the molecule is CC[C@]1(N)C[C@H](c2ncc(N(C)C)c(Cc3cc(C(F)(F)F)cc(C(F)(F)F)c3)n2)c2nc(OC)ccc2N1C(=O)O. The number of amides is 1. The number of ether oxygens (including phenoxy) is 1. The summed E-state index contributed by atoms with van der Waals surface area (Å²) in [5, 5.41) is 9.99. The number of methoxy groups -OCH3 is 1. The van der Waals surface area contributed by atoms with Gasteiger partial charge in [-0.1, -0.05) is 6.92 Å². The van der Waals surface area contributed by atoms with Gasteiger partial charge in [0.05, 0.1) is 53.1 Å². The minimum Gasteiger partial charge on any atom is -0.481 e. The van der Waals surface area contributed by atoms with Crippen molar-refractivity contribution in [1.29, 1.82) is 0 Å². The molecule has 0 fully saturated rings. The summed E-state index contributed by atoms with van der Waals surface area (Å²) in [6, 6.07) is 4.35. The second kappa shape index (κ2) is 10.9. The molecule has 3 heterocycles. The minimum atomic E-state index is -5.01. The highest BCUT2D eigenvalue weighted by Gasteiger charge is 2.47. The molecule has 9 nitrogen and oxygen atoms in total. The predicted octanol–water partition coefficient (Wildman–Crippen LogP) is 5.66. The summed E-state index contributed by atoms with van der Waals surface area (Å²) < 4.78 is 86.3. The molecule has 0 saturated heterocycles. The molecule has 3 aromatic rings. The van der Waals surface area contributed by atoms with Gasteiger partial charge in [0.1, 0.15) is 11.5 Å². The van der Waals surface area contributed by atoms with E-state index < -0.39 is 41.2 Å². The van der Waals surface area contributed by atoms with Crippen LogP contribution in [0.2, 0.25) is 0 Å². The molecule has 1 amide bonds. The van der Waals surface area contributed by atoms with Gasteiger partial charge in [0.25, 0.3) is 0 Å². The number of pyridine rings is 1. The van der Waals surface area contributed by atoms with Crippen molar-refractivity contribution < 1.29 is 41.0 Å². The van der Waals surface area contributed by atoms with Gasteiger partial charge in [-0.15, -0.1) is 0 Å². The summed E-state index contributed by atoms with van der Waals surface area (Å²) in [7, 11) is 4.64. The first-order valence-electron chi connectivity index (χ1n) is 12.7. The Bertz CT molecular complexity index is 1460. The van der Waals surface area contributed by atoms with Gasteiger partial charge in [0.15, 0.2) is 0 Å². The summed E-state index contributed by atoms with van der Waals surface area (Å²) in [6.07, 6.45) is -10.1. The second-order valence-corrected chi connectivity index (χ2v) is 10.1. The van der Waals surface area contributed by atoms with Crippen LogP contribution in [0, 0.1) is 0 Å². The number of hydrogen-bond acceptors (Lipinski definition) is 7. The molecule has 0 saturated carbocycles. The number of halogens is 6. The molecule has 3 N–H and O–H groups in total. The monoisotopic (exact) mass is 598 g/mol. The Labute approximate surface area is 237 Å². The molecular weight excluding hydrogens is 570 g/mol. The number of carboxylic acid groups (broad SMARTS) is 1. The van der Waals surface area contributed by atoms with Crippen LogP contribution in [-0.2, 0) is 18.8 Å². The lowest BCUT2D eigenvalue weighted by Gasteiger charge is -2.45. The third-order valence-corrected chi connectivity index (χ3v) is 7.14. The molecule has 1 aliphatic rings. The average molecular weight is 599 g/mol. The van der Waals surface area contributed by atoms with Crippen molar-refractivity contribution in [2.45, 2.75) is 50.1 Å². The van der Waals surface area contributed by atoms with E-state index >= 15 is 0 Å². The Hall–Kier alpha value is -4.14. The number of rotatable bonds is 6. The molecule has 15 heteroatoms. The Morgan fingerprint density at radius 2 is 1.74 bits per heavy atom. The number of fused-ring (bicyclic) bond motifs is 1. The van der Waals surface area contributed by atoms with Gasteiger partial charge in [-0.05, 0) is 42.7 Å². The molecule has 2 aromatic heterocycles. The van der Waals surface area contributed by atoms with E-state index in [-0.39, 0.29) is 59.7 Å². The first-order valence-corrected chi connectivity index (χ1v) is 12.7. The van der Waals surface area contributed by atoms with Crippen molar-refractivity contribution in [3.63, 3.8) is 0 Å². The van der Waals surface area contributed by atoms with Gasteiger partial charge < -0.3 is 20.5 Å². The normalized spacial score (nSPS) is 18.9. The summed E-state index contributed by atoms with van der Waals surface area (Å²) in [4.78, 5) is 28.3. The lowest BCUT2D eigenvalue weighted by molar-refractivity contribution is -0.143. The summed E-state index contributed by atoms with van der Waals surface area (Å²) in [5.41, 5.74) is 3.00. The third-order valence-electron chi connectivity index (χ3n) is 7.14. The zero-order valence-electron chi connectivity index (χ0n) is 23.0. The molecule has 1 aliphatic heterocycles. The Balaban J connectivity index is 1.89. The molecule has 4 rings (SSSR count). The van der Waals surface area contributed by atoms with Crippen molar-refractivity contribution in [3.8, 4) is 5.88 Å². The molecule has 0 aliphatic carbocycles. The maximum atomic E-state index is 13.5. The van der Waals surface area contributed by atoms with Crippen LogP contribution >= 0.6 is 0 Å². The summed E-state index contributed by atoms with van der Waals surface area (Å²) in [6.45, 7) is 1.71. The second-order valence-electron chi connectivity index (χ2n) is 10.1. The summed E-state index contributed by atoms with van der Waals surface area (Å²) >= 11 is 0. The number of alkyl halides is 6. The van der Waals surface area contributed by atoms with Crippen molar-refractivity contribution in [3.05, 3.63) is 70.4 Å². The molecule has 1 aromatic carbocycles. The van der Waals surface area contributed by atoms with Crippen LogP contribution in [0.3, 0.4) is 0 Å². The van der Waals surface area contributed by atoms with E-state index in [1.165, 1.54) is 25.4 Å². The molecule has 0 spiro atoms. The molecule has 2 atom stereocenters. The van der Waals surface area contributed by atoms with Crippen molar-refractivity contribution in [2.24, 2.45) is 5.73 Å². The molecule has 0 unspecified atom stereocenters. The minimum absolute atomic E-state index is 0.00843. The number of nitrogens with zero attached hydrogens (tertiary/aromatic N) is 5. The van der Waals surface area contributed by atoms with Gasteiger partial charge in [-0.3, -0.25) is 4.90 Å². The largest absolute Gasteiger partial charge is 0.481 e. The Kier molecular flexibility index (Phi) is 8.02. The van der Waals surface area contributed by atoms with Gasteiger partial charge in [0, 0.05) is 26.6 Å². The Morgan fingerprint density at radius 1 is 1.12 bits per heavy atom. The van der Waals surface area contributed by atoms with Crippen LogP contribution in [0.25, 0.3) is 0 Å². The van der Waals surface area contributed by atoms with Crippen LogP contribution in [0.4, 0.5) is 42.5 Å². The molecule has 0 bridgehead atoms. The van der Waals surface area contributed by atoms with Gasteiger partial charge in [-0.25, -0.2) is 19.7 Å². The van der Waals surface area contributed by atoms with Gasteiger partial charge in [-0.2, -0.15) is 26.3 Å². The first-order chi connectivity index (χ1) is 19.5. The fourth-order valence-electron chi connectivity index (χ4n) is 5.01. The van der Waals surface area contributed by atoms with Gasteiger partial charge >= 0.3 is 18.4 Å². The van der Waals surface area contributed by atoms with E-state index in [1.54, 1.807) is 25.9 Å². The van der Waals surface area contributed by atoms with Crippen molar-refractivity contribution >= 4 is 17.5 Å². The Morgan fingerprint density at radius 3 is 2.24 bits per heavy atom. The van der Waals surface area contributed by atoms with E-state index in [9.17, 15) is 36.2 Å². The highest BCUT2D eigenvalue weighted by molar-refractivity contribution is 5.89. The number of aromatic nitrogens is 3. The van der Waals surface area contributed by atoms with Crippen molar-refractivity contribution in [2.75, 3.05) is 31.0 Å². The highest BCUT2D eigenvalue weighted by atomic mass is 19.4. The van der Waals surface area contributed by atoms with Crippen molar-refractivity contribution in [1.82, 2.24) is 15.0 Å². The maximum Gasteiger partial charge on any atom is 0.416 e. The van der Waals surface area contributed by atoms with E-state index in [1.807, 2.05) is 0 Å². The number of nitrogens with two attached hydrogens (primary N) is 1. The zero-order valence-corrected chi connectivity index (χ0v) is 23.0. The van der Waals surface area contributed by atoms with Crippen LogP contribution < -0.4 is 20.3 Å². The molecule has 0 radical (unpaired) electrons. The maximum absolute atomic E-state index is 13.5. The van der Waals surface area contributed by atoms with E-state index in [2.05, 4.69) is 15.0 Å². The van der Waals surface area contributed by atoms with Crippen LogP contribution in [0.5, 0.6) is 5.88 Å². The smallest absolute Gasteiger partial charge is 0.416 e. The number of benzene rings is 1. The average Bonchev–Trinajstić information content (AvgIpc) is 2.90.